The van der Waals surface area contributed by atoms with Crippen LogP contribution in [0.2, 0.25) is 0 Å². The minimum absolute atomic E-state index is 0.221. The number of hydrogen-bond donors (Lipinski definition) is 3. The van der Waals surface area contributed by atoms with E-state index in [1.807, 2.05) is 36.4 Å². The second-order valence-electron chi connectivity index (χ2n) is 8.50. The van der Waals surface area contributed by atoms with Gasteiger partial charge in [-0.2, -0.15) is 0 Å². The van der Waals surface area contributed by atoms with Gasteiger partial charge in [0.2, 0.25) is 5.88 Å². The van der Waals surface area contributed by atoms with E-state index in [1.54, 1.807) is 26.4 Å². The Hall–Kier alpha value is -3.72. The molecule has 0 spiro atoms. The zero-order valence-electron chi connectivity index (χ0n) is 19.9. The lowest BCUT2D eigenvalue weighted by Gasteiger charge is -2.37. The van der Waals surface area contributed by atoms with Crippen molar-refractivity contribution in [2.75, 3.05) is 37.5 Å². The van der Waals surface area contributed by atoms with Crippen LogP contribution >= 0.6 is 0 Å². The van der Waals surface area contributed by atoms with E-state index in [-0.39, 0.29) is 12.5 Å². The van der Waals surface area contributed by atoms with Crippen LogP contribution in [0.25, 0.3) is 0 Å². The first-order valence-corrected chi connectivity index (χ1v) is 11.3. The Morgan fingerprint density at radius 3 is 2.29 bits per heavy atom. The van der Waals surface area contributed by atoms with Crippen LogP contribution in [-0.2, 0) is 6.61 Å². The summed E-state index contributed by atoms with van der Waals surface area (Å²) in [5.41, 5.74) is 2.56. The second-order valence-corrected chi connectivity index (χ2v) is 8.50. The molecule has 9 heteroatoms. The molecule has 180 valence electrons. The first kappa shape index (κ1) is 23.4. The van der Waals surface area contributed by atoms with E-state index in [1.165, 1.54) is 0 Å². The van der Waals surface area contributed by atoms with E-state index < -0.39 is 0 Å². The van der Waals surface area contributed by atoms with Crippen LogP contribution in [0.3, 0.4) is 0 Å². The third-order valence-electron chi connectivity index (χ3n) is 5.65. The summed E-state index contributed by atoms with van der Waals surface area (Å²) in [7, 11) is 3.20. The summed E-state index contributed by atoms with van der Waals surface area (Å²) in [5.74, 6) is 1.97. The van der Waals surface area contributed by atoms with Crippen molar-refractivity contribution >= 4 is 17.4 Å². The molecular formula is C25H31N5O4. The molecule has 2 atom stereocenters. The number of carbonyl (C=O) groups excluding carboxylic acids is 1. The van der Waals surface area contributed by atoms with E-state index in [0.717, 1.165) is 24.3 Å². The van der Waals surface area contributed by atoms with Gasteiger partial charge in [-0.05, 0) is 55.8 Å². The molecule has 2 aromatic carbocycles. The second kappa shape index (κ2) is 10.5. The predicted molar refractivity (Wildman–Crippen MR) is 131 cm³/mol. The molecule has 9 nitrogen and oxygen atoms in total. The Kier molecular flexibility index (Phi) is 7.22. The number of rotatable bonds is 8. The van der Waals surface area contributed by atoms with Gasteiger partial charge in [-0.3, -0.25) is 9.89 Å². The maximum Gasteiger partial charge on any atom is 0.256 e. The first-order chi connectivity index (χ1) is 16.4. The SMILES string of the molecule is COc1cc(COc2cc(NC(=O)c3ccc(N4C[C@@H](C)N[C@@H](C)C4)cc3)[nH]n2)cc(OC)c1. The molecule has 1 aromatic heterocycles. The highest BCUT2D eigenvalue weighted by Crippen LogP contribution is 2.24. The van der Waals surface area contributed by atoms with Gasteiger partial charge in [0, 0.05) is 48.6 Å². The Morgan fingerprint density at radius 2 is 1.68 bits per heavy atom. The van der Waals surface area contributed by atoms with Gasteiger partial charge in [-0.25, -0.2) is 0 Å². The fourth-order valence-corrected chi connectivity index (χ4v) is 4.10. The zero-order valence-corrected chi connectivity index (χ0v) is 19.9. The summed E-state index contributed by atoms with van der Waals surface area (Å²) in [6.45, 7) is 6.52. The molecule has 1 aliphatic heterocycles. The third-order valence-corrected chi connectivity index (χ3v) is 5.65. The van der Waals surface area contributed by atoms with Crippen LogP contribution in [0.1, 0.15) is 29.8 Å². The lowest BCUT2D eigenvalue weighted by Crippen LogP contribution is -2.54. The molecule has 34 heavy (non-hydrogen) atoms. The van der Waals surface area contributed by atoms with Gasteiger partial charge in [0.1, 0.15) is 23.9 Å². The average molecular weight is 466 g/mol. The van der Waals surface area contributed by atoms with Gasteiger partial charge in [0.15, 0.2) is 0 Å². The molecule has 0 bridgehead atoms. The van der Waals surface area contributed by atoms with Crippen molar-refractivity contribution in [3.63, 3.8) is 0 Å². The van der Waals surface area contributed by atoms with E-state index >= 15 is 0 Å². The lowest BCUT2D eigenvalue weighted by molar-refractivity contribution is 0.102. The van der Waals surface area contributed by atoms with Crippen molar-refractivity contribution in [3.8, 4) is 17.4 Å². The maximum atomic E-state index is 12.7. The van der Waals surface area contributed by atoms with Crippen molar-refractivity contribution in [2.45, 2.75) is 32.5 Å². The summed E-state index contributed by atoms with van der Waals surface area (Å²) in [6.07, 6.45) is 0. The molecule has 1 fully saturated rings. The van der Waals surface area contributed by atoms with Crippen molar-refractivity contribution in [1.82, 2.24) is 15.5 Å². The van der Waals surface area contributed by atoms with Crippen LogP contribution in [0, 0.1) is 0 Å². The fourth-order valence-electron chi connectivity index (χ4n) is 4.10. The number of nitrogens with zero attached hydrogens (tertiary/aromatic N) is 2. The lowest BCUT2D eigenvalue weighted by atomic mass is 10.1. The first-order valence-electron chi connectivity index (χ1n) is 11.3. The summed E-state index contributed by atoms with van der Waals surface area (Å²) >= 11 is 0. The number of piperazine rings is 1. The van der Waals surface area contributed by atoms with Crippen molar-refractivity contribution in [3.05, 3.63) is 59.7 Å². The zero-order chi connectivity index (χ0) is 24.1. The van der Waals surface area contributed by atoms with Crippen LogP contribution in [0.15, 0.2) is 48.5 Å². The van der Waals surface area contributed by atoms with E-state index in [0.29, 0.717) is 40.8 Å². The topological polar surface area (TPSA) is 101 Å². The molecule has 3 aromatic rings. The number of nitrogens with one attached hydrogen (secondary N) is 3. The van der Waals surface area contributed by atoms with Gasteiger partial charge >= 0.3 is 0 Å². The highest BCUT2D eigenvalue weighted by Gasteiger charge is 2.21. The number of benzene rings is 2. The largest absolute Gasteiger partial charge is 0.497 e. The third kappa shape index (κ3) is 5.79. The van der Waals surface area contributed by atoms with E-state index in [4.69, 9.17) is 14.2 Å². The predicted octanol–water partition coefficient (Wildman–Crippen LogP) is 3.44. The van der Waals surface area contributed by atoms with Gasteiger partial charge in [0.25, 0.3) is 5.91 Å². The minimum Gasteiger partial charge on any atom is -0.497 e. The van der Waals surface area contributed by atoms with E-state index in [2.05, 4.69) is 39.6 Å². The molecule has 0 aliphatic carbocycles. The number of amides is 1. The number of hydrogen-bond acceptors (Lipinski definition) is 7. The standard InChI is InChI=1S/C25H31N5O4/c1-16-13-30(14-17(2)26-16)20-7-5-19(6-8-20)25(31)27-23-12-24(29-28-23)34-15-18-9-21(32-3)11-22(10-18)33-4/h5-12,16-17,26H,13-15H2,1-4H3,(H2,27,28,29,31)/t16-,17+. The molecule has 0 unspecified atom stereocenters. The number of carbonyl (C=O) groups is 1. The molecule has 1 amide bonds. The molecule has 3 N–H and O–H groups in total. The van der Waals surface area contributed by atoms with Crippen molar-refractivity contribution in [1.29, 1.82) is 0 Å². The van der Waals surface area contributed by atoms with Crippen LogP contribution < -0.4 is 29.7 Å². The van der Waals surface area contributed by atoms with Gasteiger partial charge in [-0.1, -0.05) is 0 Å². The number of methoxy groups -OCH3 is 2. The minimum atomic E-state index is -0.221. The Bertz CT molecular complexity index is 1080. The molecule has 2 heterocycles. The monoisotopic (exact) mass is 465 g/mol. The Labute approximate surface area is 199 Å². The van der Waals surface area contributed by atoms with Crippen LogP contribution in [0.5, 0.6) is 17.4 Å². The molecule has 1 saturated heterocycles. The molecule has 0 saturated carbocycles. The Morgan fingerprint density at radius 1 is 1.03 bits per heavy atom. The number of H-pyrrole nitrogens is 1. The Balaban J connectivity index is 1.33. The summed E-state index contributed by atoms with van der Waals surface area (Å²) in [4.78, 5) is 15.0. The van der Waals surface area contributed by atoms with Crippen molar-refractivity contribution in [2.24, 2.45) is 0 Å². The molecule has 0 radical (unpaired) electrons. The number of aromatic nitrogens is 2. The molecular weight excluding hydrogens is 434 g/mol. The van der Waals surface area contributed by atoms with Gasteiger partial charge in [-0.15, -0.1) is 5.10 Å². The van der Waals surface area contributed by atoms with Crippen LogP contribution in [0.4, 0.5) is 11.5 Å². The highest BCUT2D eigenvalue weighted by molar-refractivity contribution is 6.04. The number of anilines is 2. The molecule has 1 aliphatic rings. The van der Waals surface area contributed by atoms with Gasteiger partial charge < -0.3 is 29.7 Å². The number of aromatic amines is 1. The van der Waals surface area contributed by atoms with E-state index in [9.17, 15) is 4.79 Å². The normalized spacial score (nSPS) is 17.8. The summed E-state index contributed by atoms with van der Waals surface area (Å²) in [5, 5.41) is 13.3. The van der Waals surface area contributed by atoms with Crippen molar-refractivity contribution < 1.29 is 19.0 Å². The highest BCUT2D eigenvalue weighted by atomic mass is 16.5. The quantitative estimate of drug-likeness (QED) is 0.468. The fraction of sp³-hybridized carbons (Fsp3) is 0.360. The summed E-state index contributed by atoms with van der Waals surface area (Å²) < 4.78 is 16.3. The smallest absolute Gasteiger partial charge is 0.256 e. The summed E-state index contributed by atoms with van der Waals surface area (Å²) in [6, 6.07) is 15.7. The maximum absolute atomic E-state index is 12.7. The molecule has 4 rings (SSSR count). The van der Waals surface area contributed by atoms with Crippen LogP contribution in [-0.4, -0.2) is 55.5 Å². The van der Waals surface area contributed by atoms with Gasteiger partial charge in [0.05, 0.1) is 14.2 Å². The average Bonchev–Trinajstić information content (AvgIpc) is 3.29. The number of ether oxygens (including phenoxy) is 3.